The van der Waals surface area contributed by atoms with Crippen molar-refractivity contribution in [1.82, 2.24) is 20.0 Å². The topological polar surface area (TPSA) is 65.1 Å². The summed E-state index contributed by atoms with van der Waals surface area (Å²) in [5, 5.41) is 3.00. The summed E-state index contributed by atoms with van der Waals surface area (Å²) in [7, 11) is 1.66. The average molecular weight is 479 g/mol. The summed E-state index contributed by atoms with van der Waals surface area (Å²) >= 11 is 0. The lowest BCUT2D eigenvalue weighted by Gasteiger charge is -2.36. The number of piperazine rings is 1. The highest BCUT2D eigenvalue weighted by Crippen LogP contribution is 2.18. The Balaban J connectivity index is 1.46. The Morgan fingerprint density at radius 3 is 2.40 bits per heavy atom. The van der Waals surface area contributed by atoms with Crippen molar-refractivity contribution < 1.29 is 14.3 Å². The average Bonchev–Trinajstić information content (AvgIpc) is 2.89. The SMILES string of the molecule is COc1ccccc1/C=C/CN(CCN1CCN(C(=O)NCc2ccccc2)CC1)C(=O)C(C)C. The van der Waals surface area contributed by atoms with E-state index in [9.17, 15) is 9.59 Å². The molecule has 0 atom stereocenters. The highest BCUT2D eigenvalue weighted by atomic mass is 16.5. The second-order valence-corrected chi connectivity index (χ2v) is 9.06. The number of carbonyl (C=O) groups is 2. The normalized spacial score (nSPS) is 14.3. The first-order valence-corrected chi connectivity index (χ1v) is 12.4. The first kappa shape index (κ1) is 26.3. The molecular formula is C28H38N4O3. The molecule has 0 bridgehead atoms. The molecule has 0 saturated carbocycles. The molecule has 7 heteroatoms. The largest absolute Gasteiger partial charge is 0.496 e. The quantitative estimate of drug-likeness (QED) is 0.565. The zero-order valence-electron chi connectivity index (χ0n) is 21.2. The minimum atomic E-state index is -0.0557. The number of hydrogen-bond donors (Lipinski definition) is 1. The van der Waals surface area contributed by atoms with Crippen LogP contribution in [0.2, 0.25) is 0 Å². The van der Waals surface area contributed by atoms with E-state index in [1.54, 1.807) is 7.11 Å². The third-order valence-electron chi connectivity index (χ3n) is 6.20. The van der Waals surface area contributed by atoms with Gasteiger partial charge in [0.2, 0.25) is 5.91 Å². The molecule has 0 unspecified atom stereocenters. The lowest BCUT2D eigenvalue weighted by molar-refractivity contribution is -0.134. The highest BCUT2D eigenvalue weighted by molar-refractivity contribution is 5.78. The number of benzene rings is 2. The van der Waals surface area contributed by atoms with Gasteiger partial charge in [0, 0.05) is 63.8 Å². The van der Waals surface area contributed by atoms with Crippen molar-refractivity contribution in [3.8, 4) is 5.75 Å². The van der Waals surface area contributed by atoms with E-state index in [0.29, 0.717) is 32.7 Å². The molecule has 2 aromatic carbocycles. The molecule has 1 aliphatic rings. The van der Waals surface area contributed by atoms with Crippen LogP contribution in [0.5, 0.6) is 5.75 Å². The van der Waals surface area contributed by atoms with Crippen LogP contribution < -0.4 is 10.1 Å². The number of methoxy groups -OCH3 is 1. The summed E-state index contributed by atoms with van der Waals surface area (Å²) in [6, 6.07) is 17.8. The third kappa shape index (κ3) is 8.14. The van der Waals surface area contributed by atoms with Gasteiger partial charge in [0.15, 0.2) is 0 Å². The molecule has 1 heterocycles. The zero-order chi connectivity index (χ0) is 25.0. The third-order valence-corrected chi connectivity index (χ3v) is 6.20. The number of ether oxygens (including phenoxy) is 1. The number of nitrogens with zero attached hydrogens (tertiary/aromatic N) is 3. The van der Waals surface area contributed by atoms with Crippen molar-refractivity contribution in [3.05, 3.63) is 71.8 Å². The molecule has 1 N–H and O–H groups in total. The summed E-state index contributed by atoms with van der Waals surface area (Å²) in [4.78, 5) is 31.4. The van der Waals surface area contributed by atoms with Crippen molar-refractivity contribution >= 4 is 18.0 Å². The number of hydrogen-bond acceptors (Lipinski definition) is 4. The van der Waals surface area contributed by atoms with Crippen LogP contribution >= 0.6 is 0 Å². The van der Waals surface area contributed by atoms with E-state index in [1.807, 2.05) is 90.4 Å². The number of urea groups is 1. The molecule has 188 valence electrons. The van der Waals surface area contributed by atoms with Gasteiger partial charge in [-0.3, -0.25) is 9.69 Å². The molecule has 7 nitrogen and oxygen atoms in total. The van der Waals surface area contributed by atoms with Crippen LogP contribution in [0.1, 0.15) is 25.0 Å². The molecule has 0 spiro atoms. The van der Waals surface area contributed by atoms with Gasteiger partial charge in [0.25, 0.3) is 0 Å². The Kier molecular flexibility index (Phi) is 10.2. The molecule has 35 heavy (non-hydrogen) atoms. The Hall–Kier alpha value is -3.32. The molecule has 3 rings (SSSR count). The van der Waals surface area contributed by atoms with Gasteiger partial charge in [-0.1, -0.05) is 74.5 Å². The van der Waals surface area contributed by atoms with E-state index in [4.69, 9.17) is 4.74 Å². The van der Waals surface area contributed by atoms with E-state index < -0.39 is 0 Å². The number of carbonyl (C=O) groups excluding carboxylic acids is 2. The van der Waals surface area contributed by atoms with E-state index in [2.05, 4.69) is 10.2 Å². The maximum absolute atomic E-state index is 12.8. The van der Waals surface area contributed by atoms with E-state index >= 15 is 0 Å². The monoisotopic (exact) mass is 478 g/mol. The zero-order valence-corrected chi connectivity index (χ0v) is 21.2. The van der Waals surface area contributed by atoms with Crippen LogP contribution in [0.25, 0.3) is 6.08 Å². The van der Waals surface area contributed by atoms with Gasteiger partial charge >= 0.3 is 6.03 Å². The van der Waals surface area contributed by atoms with Crippen LogP contribution in [-0.4, -0.2) is 79.6 Å². The summed E-state index contributed by atoms with van der Waals surface area (Å²) in [5.74, 6) is 0.907. The molecule has 0 radical (unpaired) electrons. The van der Waals surface area contributed by atoms with Crippen LogP contribution in [0.3, 0.4) is 0 Å². The lowest BCUT2D eigenvalue weighted by atomic mass is 10.1. The molecule has 1 saturated heterocycles. The second kappa shape index (κ2) is 13.5. The highest BCUT2D eigenvalue weighted by Gasteiger charge is 2.22. The summed E-state index contributed by atoms with van der Waals surface area (Å²) < 4.78 is 5.41. The maximum Gasteiger partial charge on any atom is 0.317 e. The van der Waals surface area contributed by atoms with Gasteiger partial charge < -0.3 is 19.9 Å². The lowest BCUT2D eigenvalue weighted by Crippen LogP contribution is -2.53. The molecule has 3 amide bonds. The molecule has 1 aliphatic heterocycles. The fourth-order valence-electron chi connectivity index (χ4n) is 4.09. The molecule has 0 aromatic heterocycles. The number of para-hydroxylation sites is 1. The van der Waals surface area contributed by atoms with Crippen LogP contribution in [0, 0.1) is 5.92 Å². The minimum Gasteiger partial charge on any atom is -0.496 e. The van der Waals surface area contributed by atoms with E-state index in [-0.39, 0.29) is 17.9 Å². The first-order chi connectivity index (χ1) is 17.0. The Bertz CT molecular complexity index is 969. The Morgan fingerprint density at radius 1 is 1.03 bits per heavy atom. The van der Waals surface area contributed by atoms with Gasteiger partial charge in [-0.2, -0.15) is 0 Å². The van der Waals surface area contributed by atoms with Crippen LogP contribution in [0.15, 0.2) is 60.7 Å². The van der Waals surface area contributed by atoms with Crippen LogP contribution in [0.4, 0.5) is 4.79 Å². The first-order valence-electron chi connectivity index (χ1n) is 12.4. The van der Waals surface area contributed by atoms with Gasteiger partial charge in [-0.05, 0) is 11.6 Å². The van der Waals surface area contributed by atoms with Gasteiger partial charge in [-0.25, -0.2) is 4.79 Å². The summed E-state index contributed by atoms with van der Waals surface area (Å²) in [6.07, 6.45) is 4.03. The van der Waals surface area contributed by atoms with Crippen molar-refractivity contribution in [2.45, 2.75) is 20.4 Å². The van der Waals surface area contributed by atoms with Crippen molar-refractivity contribution in [3.63, 3.8) is 0 Å². The molecule has 1 fully saturated rings. The summed E-state index contributed by atoms with van der Waals surface area (Å²) in [6.45, 7) is 9.40. The minimum absolute atomic E-state index is 0.0217. The Morgan fingerprint density at radius 2 is 1.71 bits per heavy atom. The van der Waals surface area contributed by atoms with Gasteiger partial charge in [-0.15, -0.1) is 0 Å². The smallest absolute Gasteiger partial charge is 0.317 e. The van der Waals surface area contributed by atoms with E-state index in [1.165, 1.54) is 0 Å². The van der Waals surface area contributed by atoms with Crippen molar-refractivity contribution in [2.24, 2.45) is 5.92 Å². The van der Waals surface area contributed by atoms with Crippen molar-refractivity contribution in [1.29, 1.82) is 0 Å². The second-order valence-electron chi connectivity index (χ2n) is 9.06. The van der Waals surface area contributed by atoms with Gasteiger partial charge in [0.1, 0.15) is 5.75 Å². The van der Waals surface area contributed by atoms with E-state index in [0.717, 1.165) is 36.5 Å². The maximum atomic E-state index is 12.8. The number of rotatable bonds is 10. The summed E-state index contributed by atoms with van der Waals surface area (Å²) in [5.41, 5.74) is 2.09. The number of amides is 3. The fourth-order valence-corrected chi connectivity index (χ4v) is 4.09. The van der Waals surface area contributed by atoms with Crippen molar-refractivity contribution in [2.75, 3.05) is 52.9 Å². The molecule has 0 aliphatic carbocycles. The standard InChI is InChI=1S/C28H38N4O3/c1-23(2)27(33)31(15-9-13-25-12-7-8-14-26(25)35-3)19-16-30-17-20-32(21-18-30)28(34)29-22-24-10-5-4-6-11-24/h4-14,23H,15-22H2,1-3H3,(H,29,34)/b13-9+. The predicted molar refractivity (Wildman–Crippen MR) is 140 cm³/mol. The molecule has 2 aromatic rings. The fraction of sp³-hybridized carbons (Fsp3) is 0.429. The number of nitrogens with one attached hydrogen (secondary N) is 1. The predicted octanol–water partition coefficient (Wildman–Crippen LogP) is 3.72. The Labute approximate surface area is 209 Å². The molecular weight excluding hydrogens is 440 g/mol. The van der Waals surface area contributed by atoms with Crippen LogP contribution in [-0.2, 0) is 11.3 Å². The van der Waals surface area contributed by atoms with Gasteiger partial charge in [0.05, 0.1) is 7.11 Å².